The predicted molar refractivity (Wildman–Crippen MR) is 427 cm³/mol. The molecule has 17 nitrogen and oxygen atoms in total. The van der Waals surface area contributed by atoms with E-state index in [1.165, 1.54) is 77.0 Å². The first kappa shape index (κ1) is 99.5. The number of carbonyl (C=O) groups excluding carboxylic acids is 4. The van der Waals surface area contributed by atoms with Crippen LogP contribution in [0, 0.1) is 0 Å². The number of hydrogen-bond acceptors (Lipinski definition) is 15. The standard InChI is InChI=1S/C85H146O17P2/c1-5-9-13-17-21-25-29-33-37-38-39-40-44-48-52-56-60-64-68-72-85(90)102-81(76-96-83(88)70-66-62-58-54-50-46-42-35-31-27-23-19-15-11-7-3)78-100-104(93,94)98-74-79(86)73-97-103(91,92)99-77-80(101-84(89)71-67-63-59-55-51-47-43-36-32-28-24-20-16-12-8-4)75-95-82(87)69-65-61-57-53-49-45-41-34-30-26-22-18-14-10-6-2/h9,13,21-22,24-26,28,33-37,39-43,48,52,79-81,86H,5-8,10-12,14-20,23,27,29-32,38,44-47,49-51,53-78H2,1-4H3,(H,91,92)(H,93,94)/b13-9-,25-21-,26-22-,28-24-,37-33-,40-39-,41-34-,42-35-,43-36-,52-48-/t79-,80-,81-/m1/s1. The van der Waals surface area contributed by atoms with E-state index in [2.05, 4.69) is 149 Å². The highest BCUT2D eigenvalue weighted by Crippen LogP contribution is 2.45. The fourth-order valence-electron chi connectivity index (χ4n) is 10.7. The minimum absolute atomic E-state index is 0.0520. The average molecular weight is 1500 g/mol. The minimum Gasteiger partial charge on any atom is -0.462 e. The van der Waals surface area contributed by atoms with Gasteiger partial charge >= 0.3 is 39.5 Å². The summed E-state index contributed by atoms with van der Waals surface area (Å²) in [5, 5.41) is 10.6. The molecule has 0 amide bonds. The van der Waals surface area contributed by atoms with E-state index < -0.39 is 97.5 Å². The summed E-state index contributed by atoms with van der Waals surface area (Å²) in [6, 6.07) is 0. The molecule has 0 aliphatic rings. The highest BCUT2D eigenvalue weighted by atomic mass is 31.2. The molecule has 0 saturated carbocycles. The van der Waals surface area contributed by atoms with Gasteiger partial charge in [0, 0.05) is 25.7 Å². The van der Waals surface area contributed by atoms with Gasteiger partial charge in [-0.2, -0.15) is 0 Å². The lowest BCUT2D eigenvalue weighted by atomic mass is 10.1. The molecule has 2 unspecified atom stereocenters. The van der Waals surface area contributed by atoms with E-state index in [0.29, 0.717) is 25.7 Å². The lowest BCUT2D eigenvalue weighted by molar-refractivity contribution is -0.161. The Labute approximate surface area is 632 Å². The summed E-state index contributed by atoms with van der Waals surface area (Å²) in [7, 11) is -9.98. The van der Waals surface area contributed by atoms with Crippen LogP contribution in [0.25, 0.3) is 0 Å². The highest BCUT2D eigenvalue weighted by molar-refractivity contribution is 7.47. The third-order valence-electron chi connectivity index (χ3n) is 16.9. The van der Waals surface area contributed by atoms with Gasteiger partial charge in [-0.1, -0.05) is 271 Å². The Morgan fingerprint density at radius 3 is 0.808 bits per heavy atom. The van der Waals surface area contributed by atoms with Gasteiger partial charge in [-0.25, -0.2) is 9.13 Å². The molecule has 0 aromatic rings. The topological polar surface area (TPSA) is 237 Å². The fraction of sp³-hybridized carbons (Fsp3) is 0.718. The monoisotopic (exact) mass is 1500 g/mol. The Bertz CT molecular complexity index is 2440. The van der Waals surface area contributed by atoms with E-state index in [0.717, 1.165) is 180 Å². The van der Waals surface area contributed by atoms with Gasteiger partial charge in [0.05, 0.1) is 26.4 Å². The number of aliphatic hydroxyl groups is 1. The molecule has 0 fully saturated rings. The van der Waals surface area contributed by atoms with Crippen LogP contribution in [0.4, 0.5) is 0 Å². The summed E-state index contributed by atoms with van der Waals surface area (Å²) in [4.78, 5) is 73.1. The van der Waals surface area contributed by atoms with Gasteiger partial charge in [0.1, 0.15) is 19.3 Å². The van der Waals surface area contributed by atoms with Crippen molar-refractivity contribution >= 4 is 39.5 Å². The molecule has 0 spiro atoms. The van der Waals surface area contributed by atoms with Gasteiger partial charge in [0.25, 0.3) is 0 Å². The quantitative estimate of drug-likeness (QED) is 0.0169. The van der Waals surface area contributed by atoms with Crippen molar-refractivity contribution in [3.63, 3.8) is 0 Å². The van der Waals surface area contributed by atoms with Crippen LogP contribution in [0.3, 0.4) is 0 Å². The predicted octanol–water partition coefficient (Wildman–Crippen LogP) is 23.9. The molecule has 5 atom stereocenters. The van der Waals surface area contributed by atoms with Crippen LogP contribution in [0.15, 0.2) is 122 Å². The molecule has 0 aromatic carbocycles. The maximum atomic E-state index is 13.1. The smallest absolute Gasteiger partial charge is 0.462 e. The Morgan fingerprint density at radius 1 is 0.279 bits per heavy atom. The van der Waals surface area contributed by atoms with Gasteiger partial charge in [-0.05, 0) is 161 Å². The highest BCUT2D eigenvalue weighted by Gasteiger charge is 2.30. The third kappa shape index (κ3) is 75.7. The molecule has 0 heterocycles. The first-order valence-electron chi connectivity index (χ1n) is 40.8. The zero-order valence-electron chi connectivity index (χ0n) is 65.4. The van der Waals surface area contributed by atoms with E-state index >= 15 is 0 Å². The van der Waals surface area contributed by atoms with Crippen LogP contribution in [0.2, 0.25) is 0 Å². The lowest BCUT2D eigenvalue weighted by Gasteiger charge is -2.21. The van der Waals surface area contributed by atoms with Crippen LogP contribution in [-0.2, 0) is 65.4 Å². The molecule has 3 N–H and O–H groups in total. The van der Waals surface area contributed by atoms with Crippen molar-refractivity contribution in [2.75, 3.05) is 39.6 Å². The van der Waals surface area contributed by atoms with Gasteiger partial charge in [-0.15, -0.1) is 0 Å². The zero-order valence-corrected chi connectivity index (χ0v) is 67.2. The molecule has 0 aromatic heterocycles. The number of carbonyl (C=O) groups is 4. The number of ether oxygens (including phenoxy) is 4. The van der Waals surface area contributed by atoms with Crippen molar-refractivity contribution in [2.45, 2.75) is 354 Å². The van der Waals surface area contributed by atoms with E-state index in [4.69, 9.17) is 37.0 Å². The van der Waals surface area contributed by atoms with Crippen molar-refractivity contribution in [1.82, 2.24) is 0 Å². The second-order valence-electron chi connectivity index (χ2n) is 27.0. The molecule has 0 rings (SSSR count). The maximum Gasteiger partial charge on any atom is 0.472 e. The Balaban J connectivity index is 5.43. The van der Waals surface area contributed by atoms with Crippen molar-refractivity contribution in [1.29, 1.82) is 0 Å². The SMILES string of the molecule is CC/C=C\C/C=C\C/C=C\C/C=C\C/C=C\CCCCCC(=O)O[C@H](COC(=O)CCCCCCC/C=C\CCCCCCCC)COP(=O)(O)OC[C@H](O)COP(=O)(O)OC[C@@H](COC(=O)CCCCCCC/C=C\C/C=C\CCCCC)OC(=O)CCCCCCC/C=C\C/C=C\CCCCC. The van der Waals surface area contributed by atoms with Gasteiger partial charge in [0.15, 0.2) is 12.2 Å². The molecule has 0 saturated heterocycles. The summed E-state index contributed by atoms with van der Waals surface area (Å²) in [5.41, 5.74) is 0. The van der Waals surface area contributed by atoms with E-state index in [1.54, 1.807) is 0 Å². The summed E-state index contributed by atoms with van der Waals surface area (Å²) < 4.78 is 68.6. The van der Waals surface area contributed by atoms with Crippen LogP contribution in [0.5, 0.6) is 0 Å². The maximum absolute atomic E-state index is 13.1. The van der Waals surface area contributed by atoms with E-state index in [9.17, 15) is 43.2 Å². The van der Waals surface area contributed by atoms with E-state index in [-0.39, 0.29) is 25.7 Å². The summed E-state index contributed by atoms with van der Waals surface area (Å²) >= 11 is 0. The number of allylic oxidation sites excluding steroid dienone is 20. The Kier molecular flexibility index (Phi) is 73.3. The average Bonchev–Trinajstić information content (AvgIpc) is 0.943. The fourth-order valence-corrected chi connectivity index (χ4v) is 12.2. The second-order valence-corrected chi connectivity index (χ2v) is 29.9. The van der Waals surface area contributed by atoms with Crippen LogP contribution >= 0.6 is 15.6 Å². The van der Waals surface area contributed by atoms with Crippen molar-refractivity contribution in [2.24, 2.45) is 0 Å². The van der Waals surface area contributed by atoms with Crippen molar-refractivity contribution in [3.8, 4) is 0 Å². The molecule has 19 heteroatoms. The number of phosphoric ester groups is 2. The number of rotatable bonds is 76. The van der Waals surface area contributed by atoms with Crippen LogP contribution in [0.1, 0.15) is 336 Å². The second kappa shape index (κ2) is 76.6. The number of unbranched alkanes of at least 4 members (excludes halogenated alkanes) is 30. The molecular weight excluding hydrogens is 1350 g/mol. The summed E-state index contributed by atoms with van der Waals surface area (Å²) in [5.74, 6) is -2.24. The molecule has 0 aliphatic heterocycles. The molecule has 104 heavy (non-hydrogen) atoms. The van der Waals surface area contributed by atoms with E-state index in [1.807, 2.05) is 0 Å². The van der Waals surface area contributed by atoms with Crippen molar-refractivity contribution < 1.29 is 80.2 Å². The zero-order chi connectivity index (χ0) is 76.0. The lowest BCUT2D eigenvalue weighted by Crippen LogP contribution is -2.30. The first-order chi connectivity index (χ1) is 50.7. The molecule has 0 aliphatic carbocycles. The number of phosphoric acid groups is 2. The summed E-state index contributed by atoms with van der Waals surface area (Å²) in [6.45, 7) is 4.65. The number of esters is 4. The number of aliphatic hydroxyl groups excluding tert-OH is 1. The van der Waals surface area contributed by atoms with Crippen LogP contribution < -0.4 is 0 Å². The first-order valence-corrected chi connectivity index (χ1v) is 43.8. The Hall–Kier alpha value is -4.54. The molecular formula is C85H146O17P2. The number of hydrogen-bond donors (Lipinski definition) is 3. The van der Waals surface area contributed by atoms with Gasteiger partial charge in [0.2, 0.25) is 0 Å². The third-order valence-corrected chi connectivity index (χ3v) is 18.8. The molecule has 598 valence electrons. The van der Waals surface area contributed by atoms with Gasteiger partial charge in [-0.3, -0.25) is 37.3 Å². The summed E-state index contributed by atoms with van der Waals surface area (Å²) in [6.07, 6.45) is 84.5. The van der Waals surface area contributed by atoms with Crippen molar-refractivity contribution in [3.05, 3.63) is 122 Å². The van der Waals surface area contributed by atoms with Crippen LogP contribution in [-0.4, -0.2) is 96.7 Å². The van der Waals surface area contributed by atoms with Gasteiger partial charge < -0.3 is 33.8 Å². The Morgan fingerprint density at radius 2 is 0.500 bits per heavy atom. The normalized spacial score (nSPS) is 14.5. The molecule has 0 bridgehead atoms. The molecule has 0 radical (unpaired) electrons. The minimum atomic E-state index is -4.99. The largest absolute Gasteiger partial charge is 0.472 e.